The summed E-state index contributed by atoms with van der Waals surface area (Å²) in [6.45, 7) is 4.32. The molecular weight excluding hydrogens is 241 g/mol. The highest BCUT2D eigenvalue weighted by atomic mass is 19.1. The van der Waals surface area contributed by atoms with E-state index in [0.717, 1.165) is 5.69 Å². The van der Waals surface area contributed by atoms with Gasteiger partial charge in [0.25, 0.3) is 0 Å². The second-order valence-electron chi connectivity index (χ2n) is 5.05. The van der Waals surface area contributed by atoms with Crippen LogP contribution in [0.3, 0.4) is 0 Å². The van der Waals surface area contributed by atoms with E-state index in [-0.39, 0.29) is 11.8 Å². The van der Waals surface area contributed by atoms with Crippen molar-refractivity contribution >= 4 is 0 Å². The lowest BCUT2D eigenvalue weighted by Gasteiger charge is -2.23. The molecule has 102 valence electrons. The van der Waals surface area contributed by atoms with Crippen LogP contribution >= 0.6 is 0 Å². The maximum atomic E-state index is 14.7. The molecule has 0 aliphatic heterocycles. The molecule has 1 aromatic carbocycles. The van der Waals surface area contributed by atoms with Gasteiger partial charge in [-0.25, -0.2) is 9.07 Å². The number of para-hydroxylation sites is 1. The van der Waals surface area contributed by atoms with Crippen molar-refractivity contribution in [1.82, 2.24) is 9.78 Å². The number of aromatic nitrogens is 2. The second kappa shape index (κ2) is 5.97. The van der Waals surface area contributed by atoms with Crippen LogP contribution in [0.5, 0.6) is 0 Å². The number of alkyl halides is 1. The summed E-state index contributed by atoms with van der Waals surface area (Å²) in [5.41, 5.74) is 7.13. The first-order chi connectivity index (χ1) is 9.15. The number of nitrogens with zero attached hydrogens (tertiary/aromatic N) is 2. The van der Waals surface area contributed by atoms with Crippen molar-refractivity contribution in [2.75, 3.05) is 6.54 Å². The molecule has 0 amide bonds. The molecule has 2 rings (SSSR count). The average Bonchev–Trinajstić information content (AvgIpc) is 2.89. The van der Waals surface area contributed by atoms with E-state index in [1.54, 1.807) is 16.9 Å². The van der Waals surface area contributed by atoms with E-state index < -0.39 is 6.17 Å². The van der Waals surface area contributed by atoms with Gasteiger partial charge in [-0.2, -0.15) is 5.10 Å². The molecule has 0 saturated heterocycles. The molecule has 0 fully saturated rings. The summed E-state index contributed by atoms with van der Waals surface area (Å²) in [6.07, 6.45) is 0.524. The molecule has 2 aromatic rings. The van der Waals surface area contributed by atoms with Gasteiger partial charge in [0.1, 0.15) is 6.17 Å². The fraction of sp³-hybridized carbons (Fsp3) is 0.400. The molecule has 2 unspecified atom stereocenters. The number of hydrogen-bond donors (Lipinski definition) is 1. The van der Waals surface area contributed by atoms with Gasteiger partial charge in [0, 0.05) is 12.1 Å². The van der Waals surface area contributed by atoms with Crippen LogP contribution in [0.2, 0.25) is 0 Å². The fourth-order valence-electron chi connectivity index (χ4n) is 2.26. The van der Waals surface area contributed by atoms with Crippen molar-refractivity contribution < 1.29 is 4.39 Å². The minimum Gasteiger partial charge on any atom is -0.330 e. The zero-order valence-corrected chi connectivity index (χ0v) is 11.3. The van der Waals surface area contributed by atoms with Crippen LogP contribution in [0.25, 0.3) is 5.69 Å². The lowest BCUT2D eigenvalue weighted by Crippen LogP contribution is -2.26. The van der Waals surface area contributed by atoms with E-state index in [1.165, 1.54) is 0 Å². The van der Waals surface area contributed by atoms with Gasteiger partial charge in [0.05, 0.1) is 11.4 Å². The van der Waals surface area contributed by atoms with Crippen molar-refractivity contribution in [3.63, 3.8) is 0 Å². The maximum absolute atomic E-state index is 14.7. The summed E-state index contributed by atoms with van der Waals surface area (Å²) in [6, 6.07) is 11.3. The third-order valence-corrected chi connectivity index (χ3v) is 3.46. The summed E-state index contributed by atoms with van der Waals surface area (Å²) in [4.78, 5) is 0. The normalized spacial score (nSPS) is 14.6. The monoisotopic (exact) mass is 261 g/mol. The summed E-state index contributed by atoms with van der Waals surface area (Å²) >= 11 is 0. The Labute approximate surface area is 113 Å². The van der Waals surface area contributed by atoms with Crippen LogP contribution in [0.15, 0.2) is 42.6 Å². The molecule has 0 bridgehead atoms. The molecule has 0 spiro atoms. The number of benzene rings is 1. The van der Waals surface area contributed by atoms with Crippen LogP contribution in [-0.4, -0.2) is 16.3 Å². The quantitative estimate of drug-likeness (QED) is 0.898. The highest BCUT2D eigenvalue weighted by Crippen LogP contribution is 2.31. The van der Waals surface area contributed by atoms with Gasteiger partial charge in [-0.3, -0.25) is 0 Å². The Morgan fingerprint density at radius 2 is 1.89 bits per heavy atom. The maximum Gasteiger partial charge on any atom is 0.146 e. The standard InChI is InChI=1S/C15H20FN3/c1-11(2)13(10-17)15(16)14-8-9-18-19(14)12-6-4-3-5-7-12/h3-9,11,13,15H,10,17H2,1-2H3. The van der Waals surface area contributed by atoms with E-state index in [0.29, 0.717) is 12.2 Å². The zero-order chi connectivity index (χ0) is 13.8. The predicted octanol–water partition coefficient (Wildman–Crippen LogP) is 3.11. The van der Waals surface area contributed by atoms with Crippen molar-refractivity contribution in [2.45, 2.75) is 20.0 Å². The largest absolute Gasteiger partial charge is 0.330 e. The number of halogens is 1. The smallest absolute Gasteiger partial charge is 0.146 e. The van der Waals surface area contributed by atoms with Crippen molar-refractivity contribution in [2.24, 2.45) is 17.6 Å². The van der Waals surface area contributed by atoms with E-state index in [4.69, 9.17) is 5.73 Å². The number of nitrogens with two attached hydrogens (primary N) is 1. The van der Waals surface area contributed by atoms with Crippen molar-refractivity contribution in [1.29, 1.82) is 0 Å². The molecule has 2 N–H and O–H groups in total. The molecule has 3 nitrogen and oxygen atoms in total. The number of rotatable bonds is 5. The summed E-state index contributed by atoms with van der Waals surface area (Å²) < 4.78 is 16.3. The van der Waals surface area contributed by atoms with E-state index in [1.807, 2.05) is 44.2 Å². The Morgan fingerprint density at radius 1 is 1.21 bits per heavy atom. The SMILES string of the molecule is CC(C)C(CN)C(F)c1ccnn1-c1ccccc1. The van der Waals surface area contributed by atoms with Crippen LogP contribution in [0, 0.1) is 11.8 Å². The van der Waals surface area contributed by atoms with E-state index in [9.17, 15) is 4.39 Å². The Bertz CT molecular complexity index is 507. The summed E-state index contributed by atoms with van der Waals surface area (Å²) in [5, 5.41) is 4.22. The number of hydrogen-bond acceptors (Lipinski definition) is 2. The summed E-state index contributed by atoms with van der Waals surface area (Å²) in [7, 11) is 0. The first kappa shape index (κ1) is 13.7. The van der Waals surface area contributed by atoms with Gasteiger partial charge in [-0.15, -0.1) is 0 Å². The van der Waals surface area contributed by atoms with Crippen LogP contribution in [0.1, 0.15) is 25.7 Å². The van der Waals surface area contributed by atoms with E-state index in [2.05, 4.69) is 5.10 Å². The molecule has 0 aliphatic carbocycles. The fourth-order valence-corrected chi connectivity index (χ4v) is 2.26. The van der Waals surface area contributed by atoms with Gasteiger partial charge in [-0.05, 0) is 30.7 Å². The van der Waals surface area contributed by atoms with Gasteiger partial charge >= 0.3 is 0 Å². The van der Waals surface area contributed by atoms with Crippen molar-refractivity contribution in [3.8, 4) is 5.69 Å². The Hall–Kier alpha value is -1.68. The lowest BCUT2D eigenvalue weighted by atomic mass is 9.89. The topological polar surface area (TPSA) is 43.8 Å². The highest BCUT2D eigenvalue weighted by molar-refractivity contribution is 5.33. The minimum absolute atomic E-state index is 0.194. The Balaban J connectivity index is 2.34. The predicted molar refractivity (Wildman–Crippen MR) is 74.8 cm³/mol. The summed E-state index contributed by atoms with van der Waals surface area (Å²) in [5.74, 6) is -0.00159. The second-order valence-corrected chi connectivity index (χ2v) is 5.05. The molecule has 1 heterocycles. The van der Waals surface area contributed by atoms with E-state index >= 15 is 0 Å². The highest BCUT2D eigenvalue weighted by Gasteiger charge is 2.27. The molecule has 1 aromatic heterocycles. The van der Waals surface area contributed by atoms with Gasteiger partial charge in [0.2, 0.25) is 0 Å². The molecule has 0 radical (unpaired) electrons. The molecule has 4 heteroatoms. The van der Waals surface area contributed by atoms with Crippen LogP contribution in [-0.2, 0) is 0 Å². The molecule has 19 heavy (non-hydrogen) atoms. The zero-order valence-electron chi connectivity index (χ0n) is 11.3. The Morgan fingerprint density at radius 3 is 2.47 bits per heavy atom. The molecule has 0 aliphatic rings. The Kier molecular flexibility index (Phi) is 4.32. The van der Waals surface area contributed by atoms with Gasteiger partial charge in [-0.1, -0.05) is 32.0 Å². The third kappa shape index (κ3) is 2.84. The molecule has 2 atom stereocenters. The van der Waals surface area contributed by atoms with Crippen molar-refractivity contribution in [3.05, 3.63) is 48.3 Å². The molecule has 0 saturated carbocycles. The van der Waals surface area contributed by atoms with Gasteiger partial charge < -0.3 is 5.73 Å². The lowest BCUT2D eigenvalue weighted by molar-refractivity contribution is 0.181. The first-order valence-corrected chi connectivity index (χ1v) is 6.58. The first-order valence-electron chi connectivity index (χ1n) is 6.58. The van der Waals surface area contributed by atoms with Gasteiger partial charge in [0.15, 0.2) is 0 Å². The molecular formula is C15H20FN3. The van der Waals surface area contributed by atoms with Crippen LogP contribution in [0.4, 0.5) is 4.39 Å². The average molecular weight is 261 g/mol. The third-order valence-electron chi connectivity index (χ3n) is 3.46. The minimum atomic E-state index is -1.10. The van der Waals surface area contributed by atoms with Crippen LogP contribution < -0.4 is 5.73 Å².